The summed E-state index contributed by atoms with van der Waals surface area (Å²) in [5.41, 5.74) is 1.31. The van der Waals surface area contributed by atoms with Crippen LogP contribution in [0.3, 0.4) is 0 Å². The van der Waals surface area contributed by atoms with Crippen LogP contribution in [0.15, 0.2) is 58.5 Å². The van der Waals surface area contributed by atoms with E-state index in [0.717, 1.165) is 65.7 Å². The van der Waals surface area contributed by atoms with Crippen LogP contribution in [0, 0.1) is 5.82 Å². The zero-order chi connectivity index (χ0) is 20.8. The van der Waals surface area contributed by atoms with Gasteiger partial charge in [0.1, 0.15) is 10.7 Å². The van der Waals surface area contributed by atoms with Crippen LogP contribution >= 0.6 is 0 Å². The molecule has 1 saturated heterocycles. The van der Waals surface area contributed by atoms with Gasteiger partial charge in [-0.2, -0.15) is 0 Å². The van der Waals surface area contributed by atoms with Crippen molar-refractivity contribution in [1.29, 1.82) is 0 Å². The third-order valence-electron chi connectivity index (χ3n) is 5.00. The standard InChI is InChI=1S/C19H20FN3O4S2/c1-28(24,25)14-5-6-16(20)19(13-14)29(26,27)23-10-7-15-17(3-2-4-18(15)23)22-11-8-21-9-12-22/h2-7,10,13,21H,8-9,11-12H2,1H3. The SMILES string of the molecule is CS(=O)(=O)c1ccc(F)c(S(=O)(=O)n2ccc3c(N4CCNCC4)cccc32)c1. The molecule has 7 nitrogen and oxygen atoms in total. The Morgan fingerprint density at radius 1 is 1.00 bits per heavy atom. The van der Waals surface area contributed by atoms with E-state index in [9.17, 15) is 21.2 Å². The lowest BCUT2D eigenvalue weighted by atomic mass is 10.2. The molecule has 0 aliphatic carbocycles. The first kappa shape index (κ1) is 19.9. The summed E-state index contributed by atoms with van der Waals surface area (Å²) in [6, 6.07) is 9.80. The van der Waals surface area contributed by atoms with Gasteiger partial charge in [0.05, 0.1) is 10.4 Å². The molecule has 29 heavy (non-hydrogen) atoms. The molecule has 3 aromatic rings. The maximum absolute atomic E-state index is 14.4. The van der Waals surface area contributed by atoms with Crippen LogP contribution < -0.4 is 10.2 Å². The maximum atomic E-state index is 14.4. The Morgan fingerprint density at radius 2 is 1.72 bits per heavy atom. The number of halogens is 1. The van der Waals surface area contributed by atoms with Gasteiger partial charge in [-0.05, 0) is 36.4 Å². The highest BCUT2D eigenvalue weighted by Gasteiger charge is 2.26. The van der Waals surface area contributed by atoms with Crippen molar-refractivity contribution in [3.05, 3.63) is 54.5 Å². The summed E-state index contributed by atoms with van der Waals surface area (Å²) < 4.78 is 65.4. The highest BCUT2D eigenvalue weighted by Crippen LogP contribution is 2.31. The highest BCUT2D eigenvalue weighted by atomic mass is 32.2. The first-order valence-corrected chi connectivity index (χ1v) is 12.3. The van der Waals surface area contributed by atoms with Crippen LogP contribution in [0.1, 0.15) is 0 Å². The van der Waals surface area contributed by atoms with E-state index in [2.05, 4.69) is 10.2 Å². The Morgan fingerprint density at radius 3 is 2.41 bits per heavy atom. The van der Waals surface area contributed by atoms with Gasteiger partial charge >= 0.3 is 0 Å². The molecule has 0 atom stereocenters. The number of nitrogens with zero attached hydrogens (tertiary/aromatic N) is 2. The third kappa shape index (κ3) is 3.52. The molecule has 1 fully saturated rings. The first-order chi connectivity index (χ1) is 13.7. The van der Waals surface area contributed by atoms with Gasteiger partial charge in [0, 0.05) is 49.7 Å². The lowest BCUT2D eigenvalue weighted by Gasteiger charge is -2.30. The lowest BCUT2D eigenvalue weighted by Crippen LogP contribution is -2.43. The number of rotatable bonds is 4. The van der Waals surface area contributed by atoms with Gasteiger partial charge < -0.3 is 10.2 Å². The van der Waals surface area contributed by atoms with E-state index in [0.29, 0.717) is 5.52 Å². The quantitative estimate of drug-likeness (QED) is 0.627. The number of aromatic nitrogens is 1. The number of hydrogen-bond donors (Lipinski definition) is 1. The lowest BCUT2D eigenvalue weighted by molar-refractivity contribution is 0.560. The Bertz CT molecular complexity index is 1290. The summed E-state index contributed by atoms with van der Waals surface area (Å²) in [7, 11) is -8.02. The van der Waals surface area contributed by atoms with Crippen molar-refractivity contribution < 1.29 is 21.2 Å². The second-order valence-electron chi connectivity index (χ2n) is 6.93. The van der Waals surface area contributed by atoms with E-state index in [4.69, 9.17) is 0 Å². The molecule has 0 unspecified atom stereocenters. The summed E-state index contributed by atoms with van der Waals surface area (Å²) in [6.45, 7) is 3.25. The predicted molar refractivity (Wildman–Crippen MR) is 109 cm³/mol. The van der Waals surface area contributed by atoms with Gasteiger partial charge in [-0.15, -0.1) is 0 Å². The van der Waals surface area contributed by atoms with Crippen molar-refractivity contribution in [3.8, 4) is 0 Å². The normalized spacial score (nSPS) is 15.7. The van der Waals surface area contributed by atoms with Crippen LogP contribution in [0.2, 0.25) is 0 Å². The summed E-state index contributed by atoms with van der Waals surface area (Å²) in [5, 5.41) is 4.01. The molecule has 0 radical (unpaired) electrons. The number of fused-ring (bicyclic) bond motifs is 1. The molecule has 0 saturated carbocycles. The Kier molecular flexibility index (Phi) is 4.88. The van der Waals surface area contributed by atoms with Crippen LogP contribution in [0.25, 0.3) is 10.9 Å². The number of benzene rings is 2. The van der Waals surface area contributed by atoms with Gasteiger partial charge in [-0.1, -0.05) is 6.07 Å². The smallest absolute Gasteiger partial charge is 0.271 e. The minimum atomic E-state index is -4.34. The van der Waals surface area contributed by atoms with Gasteiger partial charge in [0.2, 0.25) is 0 Å². The summed E-state index contributed by atoms with van der Waals surface area (Å²) >= 11 is 0. The molecule has 2 aromatic carbocycles. The molecule has 1 aromatic heterocycles. The van der Waals surface area contributed by atoms with E-state index >= 15 is 0 Å². The molecule has 4 rings (SSSR count). The molecule has 0 bridgehead atoms. The number of nitrogens with one attached hydrogen (secondary N) is 1. The van der Waals surface area contributed by atoms with Crippen molar-refractivity contribution in [2.75, 3.05) is 37.3 Å². The van der Waals surface area contributed by atoms with Crippen LogP contribution in [-0.2, 0) is 19.9 Å². The molecule has 0 amide bonds. The predicted octanol–water partition coefficient (Wildman–Crippen LogP) is 1.83. The number of anilines is 1. The molecule has 1 aliphatic heterocycles. The molecule has 0 spiro atoms. The van der Waals surface area contributed by atoms with Crippen molar-refractivity contribution in [2.45, 2.75) is 9.79 Å². The van der Waals surface area contributed by atoms with Crippen LogP contribution in [-0.4, -0.2) is 53.2 Å². The van der Waals surface area contributed by atoms with Crippen molar-refractivity contribution in [3.63, 3.8) is 0 Å². The highest BCUT2D eigenvalue weighted by molar-refractivity contribution is 7.91. The summed E-state index contributed by atoms with van der Waals surface area (Å²) in [4.78, 5) is 1.24. The van der Waals surface area contributed by atoms with Gasteiger partial charge in [0.25, 0.3) is 10.0 Å². The van der Waals surface area contributed by atoms with Crippen molar-refractivity contribution in [1.82, 2.24) is 9.29 Å². The molecule has 1 N–H and O–H groups in total. The number of sulfone groups is 1. The fraction of sp³-hybridized carbons (Fsp3) is 0.263. The van der Waals surface area contributed by atoms with Crippen molar-refractivity contribution in [2.24, 2.45) is 0 Å². The largest absolute Gasteiger partial charge is 0.368 e. The minimum absolute atomic E-state index is 0.254. The average molecular weight is 438 g/mol. The number of piperazine rings is 1. The fourth-order valence-corrected chi connectivity index (χ4v) is 5.70. The second kappa shape index (κ2) is 7.12. The van der Waals surface area contributed by atoms with E-state index in [1.165, 1.54) is 6.20 Å². The Labute approximate surface area is 168 Å². The first-order valence-electron chi connectivity index (χ1n) is 9.00. The molecule has 2 heterocycles. The average Bonchev–Trinajstić information content (AvgIpc) is 3.13. The van der Waals surface area contributed by atoms with Crippen LogP contribution in [0.4, 0.5) is 10.1 Å². The fourth-order valence-electron chi connectivity index (χ4n) is 3.54. The Hall–Kier alpha value is -2.43. The third-order valence-corrected chi connectivity index (χ3v) is 7.81. The molecule has 154 valence electrons. The van der Waals surface area contributed by atoms with Gasteiger partial charge in [-0.3, -0.25) is 0 Å². The van der Waals surface area contributed by atoms with Crippen LogP contribution in [0.5, 0.6) is 0 Å². The molecular formula is C19H20FN3O4S2. The maximum Gasteiger partial charge on any atom is 0.271 e. The van der Waals surface area contributed by atoms with E-state index in [1.807, 2.05) is 6.07 Å². The Balaban J connectivity index is 1.87. The summed E-state index contributed by atoms with van der Waals surface area (Å²) in [6.07, 6.45) is 2.32. The molecule has 1 aliphatic rings. The number of hydrogen-bond acceptors (Lipinski definition) is 6. The zero-order valence-electron chi connectivity index (χ0n) is 15.7. The zero-order valence-corrected chi connectivity index (χ0v) is 17.3. The van der Waals surface area contributed by atoms with Crippen molar-refractivity contribution >= 4 is 36.5 Å². The van der Waals surface area contributed by atoms with E-state index in [-0.39, 0.29) is 4.90 Å². The van der Waals surface area contributed by atoms with Gasteiger partial charge in [-0.25, -0.2) is 25.2 Å². The second-order valence-corrected chi connectivity index (χ2v) is 10.7. The molecular weight excluding hydrogens is 417 g/mol. The topological polar surface area (TPSA) is 88.5 Å². The summed E-state index contributed by atoms with van der Waals surface area (Å²) in [5.74, 6) is -1.00. The van der Waals surface area contributed by atoms with Gasteiger partial charge in [0.15, 0.2) is 9.84 Å². The van der Waals surface area contributed by atoms with E-state index < -0.39 is 30.6 Å². The monoisotopic (exact) mass is 437 g/mol. The van der Waals surface area contributed by atoms with E-state index in [1.54, 1.807) is 18.2 Å². The minimum Gasteiger partial charge on any atom is -0.368 e. The molecule has 10 heteroatoms.